The summed E-state index contributed by atoms with van der Waals surface area (Å²) in [4.78, 5) is 27.5. The highest BCUT2D eigenvalue weighted by Crippen LogP contribution is 2.40. The Morgan fingerprint density at radius 2 is 1.64 bits per heavy atom. The zero-order chi connectivity index (χ0) is 25.1. The SMILES string of the molecule is O=C1C(=O)N(Cc2ccco2)[C@H](c2ccc(OCc3ccccc3)cc2)C1=C(O)c1ccc(F)cc1. The van der Waals surface area contributed by atoms with Gasteiger partial charge in [-0.15, -0.1) is 0 Å². The molecule has 1 amide bonds. The normalized spacial score (nSPS) is 16.9. The van der Waals surface area contributed by atoms with Gasteiger partial charge in [0.1, 0.15) is 29.7 Å². The summed E-state index contributed by atoms with van der Waals surface area (Å²) in [7, 11) is 0. The van der Waals surface area contributed by atoms with Crippen LogP contribution in [0.25, 0.3) is 5.76 Å². The Kier molecular flexibility index (Phi) is 6.36. The number of Topliss-reactive ketones (excluding diaryl/α,β-unsaturated/α-hetero) is 1. The van der Waals surface area contributed by atoms with Crippen LogP contribution in [-0.2, 0) is 22.7 Å². The fourth-order valence-electron chi connectivity index (χ4n) is 4.21. The lowest BCUT2D eigenvalue weighted by molar-refractivity contribution is -0.140. The Hall–Kier alpha value is -4.65. The molecular weight excluding hydrogens is 461 g/mol. The first kappa shape index (κ1) is 23.1. The molecule has 0 bridgehead atoms. The second kappa shape index (κ2) is 9.92. The van der Waals surface area contributed by atoms with E-state index in [1.807, 2.05) is 30.3 Å². The number of aliphatic hydroxyl groups is 1. The molecule has 2 heterocycles. The van der Waals surface area contributed by atoms with Gasteiger partial charge in [-0.3, -0.25) is 9.59 Å². The van der Waals surface area contributed by atoms with E-state index in [-0.39, 0.29) is 23.4 Å². The second-order valence-corrected chi connectivity index (χ2v) is 8.36. The van der Waals surface area contributed by atoms with Crippen LogP contribution in [0.2, 0.25) is 0 Å². The van der Waals surface area contributed by atoms with Gasteiger partial charge in [-0.05, 0) is 59.7 Å². The third-order valence-corrected chi connectivity index (χ3v) is 6.01. The summed E-state index contributed by atoms with van der Waals surface area (Å²) < 4.78 is 24.7. The topological polar surface area (TPSA) is 80.0 Å². The van der Waals surface area contributed by atoms with Gasteiger partial charge in [-0.2, -0.15) is 0 Å². The maximum absolute atomic E-state index is 13.4. The van der Waals surface area contributed by atoms with Crippen LogP contribution in [0.4, 0.5) is 4.39 Å². The first-order valence-electron chi connectivity index (χ1n) is 11.3. The van der Waals surface area contributed by atoms with E-state index in [4.69, 9.17) is 9.15 Å². The molecule has 7 heteroatoms. The number of furan rings is 1. The molecule has 6 nitrogen and oxygen atoms in total. The van der Waals surface area contributed by atoms with E-state index >= 15 is 0 Å². The summed E-state index contributed by atoms with van der Waals surface area (Å²) in [5.41, 5.74) is 1.79. The van der Waals surface area contributed by atoms with Crippen molar-refractivity contribution in [2.24, 2.45) is 0 Å². The zero-order valence-electron chi connectivity index (χ0n) is 19.1. The minimum absolute atomic E-state index is 0.0364. The Morgan fingerprint density at radius 3 is 2.31 bits per heavy atom. The molecule has 1 fully saturated rings. The largest absolute Gasteiger partial charge is 0.507 e. The van der Waals surface area contributed by atoms with E-state index in [9.17, 15) is 19.1 Å². The van der Waals surface area contributed by atoms with Gasteiger partial charge in [0.2, 0.25) is 0 Å². The van der Waals surface area contributed by atoms with Gasteiger partial charge in [0.25, 0.3) is 11.7 Å². The number of ketones is 1. The molecule has 180 valence electrons. The number of likely N-dealkylation sites (tertiary alicyclic amines) is 1. The molecule has 5 rings (SSSR count). The Bertz CT molecular complexity index is 1390. The third-order valence-electron chi connectivity index (χ3n) is 6.01. The molecule has 1 aliphatic rings. The number of hydrogen-bond acceptors (Lipinski definition) is 5. The number of carbonyl (C=O) groups excluding carboxylic acids is 2. The highest BCUT2D eigenvalue weighted by Gasteiger charge is 2.46. The van der Waals surface area contributed by atoms with Crippen LogP contribution in [0.3, 0.4) is 0 Å². The van der Waals surface area contributed by atoms with Crippen molar-refractivity contribution in [2.75, 3.05) is 0 Å². The molecule has 3 aromatic carbocycles. The smallest absolute Gasteiger partial charge is 0.296 e. The standard InChI is InChI=1S/C29H22FNO5/c30-22-12-8-21(9-13-22)27(32)25-26(31(29(34)28(25)33)17-24-7-4-16-35-24)20-10-14-23(15-11-20)36-18-19-5-2-1-3-6-19/h1-16,26,32H,17-18H2/t26-/m1/s1. The van der Waals surface area contributed by atoms with E-state index < -0.39 is 23.5 Å². The van der Waals surface area contributed by atoms with Crippen LogP contribution in [-0.4, -0.2) is 21.7 Å². The molecule has 0 saturated carbocycles. The van der Waals surface area contributed by atoms with Crippen molar-refractivity contribution in [1.82, 2.24) is 4.90 Å². The molecule has 0 aliphatic carbocycles. The van der Waals surface area contributed by atoms with Gasteiger partial charge >= 0.3 is 0 Å². The Labute approximate surface area is 206 Å². The summed E-state index contributed by atoms with van der Waals surface area (Å²) in [6, 6.07) is 24.4. The molecule has 1 aliphatic heterocycles. The van der Waals surface area contributed by atoms with Gasteiger partial charge in [0.05, 0.1) is 24.4 Å². The van der Waals surface area contributed by atoms with Crippen LogP contribution in [0.5, 0.6) is 5.75 Å². The van der Waals surface area contributed by atoms with E-state index in [0.29, 0.717) is 23.7 Å². The van der Waals surface area contributed by atoms with Crippen LogP contribution < -0.4 is 4.74 Å². The minimum Gasteiger partial charge on any atom is -0.507 e. The maximum atomic E-state index is 13.4. The van der Waals surface area contributed by atoms with Gasteiger partial charge in [-0.1, -0.05) is 42.5 Å². The lowest BCUT2D eigenvalue weighted by Gasteiger charge is -2.24. The van der Waals surface area contributed by atoms with E-state index in [0.717, 1.165) is 5.56 Å². The van der Waals surface area contributed by atoms with Crippen LogP contribution >= 0.6 is 0 Å². The maximum Gasteiger partial charge on any atom is 0.296 e. The average Bonchev–Trinajstić information content (AvgIpc) is 3.51. The van der Waals surface area contributed by atoms with Crippen molar-refractivity contribution in [3.05, 3.63) is 131 Å². The Balaban J connectivity index is 1.50. The number of rotatable bonds is 7. The number of aliphatic hydroxyl groups excluding tert-OH is 1. The van der Waals surface area contributed by atoms with Crippen LogP contribution in [0.1, 0.15) is 28.5 Å². The minimum atomic E-state index is -0.872. The predicted octanol–water partition coefficient (Wildman–Crippen LogP) is 5.62. The van der Waals surface area contributed by atoms with E-state index in [1.54, 1.807) is 36.4 Å². The summed E-state index contributed by atoms with van der Waals surface area (Å²) in [6.45, 7) is 0.427. The summed E-state index contributed by atoms with van der Waals surface area (Å²) in [5, 5.41) is 11.0. The summed E-state index contributed by atoms with van der Waals surface area (Å²) >= 11 is 0. The zero-order valence-corrected chi connectivity index (χ0v) is 19.1. The highest BCUT2D eigenvalue weighted by molar-refractivity contribution is 6.46. The molecule has 1 N–H and O–H groups in total. The van der Waals surface area contributed by atoms with E-state index in [1.165, 1.54) is 35.4 Å². The van der Waals surface area contributed by atoms with Gasteiger partial charge in [0, 0.05) is 5.56 Å². The molecule has 1 aromatic heterocycles. The average molecular weight is 483 g/mol. The predicted molar refractivity (Wildman–Crippen MR) is 130 cm³/mol. The van der Waals surface area contributed by atoms with Crippen molar-refractivity contribution in [3.63, 3.8) is 0 Å². The van der Waals surface area contributed by atoms with E-state index in [2.05, 4.69) is 0 Å². The first-order chi connectivity index (χ1) is 17.5. The molecule has 1 atom stereocenters. The van der Waals surface area contributed by atoms with Crippen molar-refractivity contribution in [2.45, 2.75) is 19.2 Å². The number of nitrogens with zero attached hydrogens (tertiary/aromatic N) is 1. The monoisotopic (exact) mass is 483 g/mol. The number of carbonyl (C=O) groups is 2. The Morgan fingerprint density at radius 1 is 0.917 bits per heavy atom. The van der Waals surface area contributed by atoms with Gasteiger partial charge in [-0.25, -0.2) is 4.39 Å². The molecule has 0 spiro atoms. The number of ether oxygens (including phenoxy) is 1. The van der Waals surface area contributed by atoms with Crippen molar-refractivity contribution < 1.29 is 28.2 Å². The molecule has 4 aromatic rings. The van der Waals surface area contributed by atoms with Crippen molar-refractivity contribution >= 4 is 17.4 Å². The van der Waals surface area contributed by atoms with Crippen LogP contribution in [0.15, 0.2) is 107 Å². The fraction of sp³-hybridized carbons (Fsp3) is 0.103. The number of amides is 1. The molecule has 0 radical (unpaired) electrons. The summed E-state index contributed by atoms with van der Waals surface area (Å²) in [6.07, 6.45) is 1.48. The highest BCUT2D eigenvalue weighted by atomic mass is 19.1. The molecule has 0 unspecified atom stereocenters. The summed E-state index contributed by atoms with van der Waals surface area (Å²) in [5.74, 6) is -1.32. The number of benzene rings is 3. The quantitative estimate of drug-likeness (QED) is 0.210. The van der Waals surface area contributed by atoms with Crippen molar-refractivity contribution in [1.29, 1.82) is 0 Å². The third kappa shape index (κ3) is 4.63. The molecule has 1 saturated heterocycles. The molecular formula is C29H22FNO5. The number of hydrogen-bond donors (Lipinski definition) is 1. The van der Waals surface area contributed by atoms with Crippen LogP contribution in [0, 0.1) is 5.82 Å². The van der Waals surface area contributed by atoms with Gasteiger partial charge < -0.3 is 19.2 Å². The molecule has 36 heavy (non-hydrogen) atoms. The lowest BCUT2D eigenvalue weighted by atomic mass is 9.95. The van der Waals surface area contributed by atoms with Crippen molar-refractivity contribution in [3.8, 4) is 5.75 Å². The first-order valence-corrected chi connectivity index (χ1v) is 11.3. The number of halogens is 1. The van der Waals surface area contributed by atoms with Gasteiger partial charge in [0.15, 0.2) is 0 Å². The lowest BCUT2D eigenvalue weighted by Crippen LogP contribution is -2.29. The second-order valence-electron chi connectivity index (χ2n) is 8.36. The fourth-order valence-corrected chi connectivity index (χ4v) is 4.21.